The van der Waals surface area contributed by atoms with E-state index in [0.717, 1.165) is 25.0 Å². The largest absolute Gasteiger partial charge is 0.398 e. The number of nitrogens with two attached hydrogens (primary N) is 1. The molecule has 1 aliphatic heterocycles. The van der Waals surface area contributed by atoms with E-state index < -0.39 is 21.4 Å². The number of nitrogen functional groups attached to an aromatic ring is 1. The zero-order valence-electron chi connectivity index (χ0n) is 10.9. The van der Waals surface area contributed by atoms with Crippen molar-refractivity contribution >= 4 is 31.6 Å². The molecule has 1 aromatic carbocycles. The second-order valence-corrected chi connectivity index (χ2v) is 7.62. The lowest BCUT2D eigenvalue weighted by atomic mass is 10.0. The Morgan fingerprint density at radius 3 is 2.85 bits per heavy atom. The molecule has 0 spiro atoms. The number of sulfonamides is 1. The maximum absolute atomic E-state index is 13.3. The molecule has 0 radical (unpaired) electrons. The minimum Gasteiger partial charge on any atom is -0.398 e. The van der Waals surface area contributed by atoms with Gasteiger partial charge in [-0.3, -0.25) is 0 Å². The van der Waals surface area contributed by atoms with Crippen LogP contribution in [0.15, 0.2) is 21.5 Å². The quantitative estimate of drug-likeness (QED) is 0.798. The van der Waals surface area contributed by atoms with Crippen molar-refractivity contribution in [3.8, 4) is 0 Å². The van der Waals surface area contributed by atoms with Crippen LogP contribution in [0.1, 0.15) is 19.8 Å². The number of benzene rings is 1. The van der Waals surface area contributed by atoms with Crippen molar-refractivity contribution < 1.29 is 17.5 Å². The van der Waals surface area contributed by atoms with Crippen LogP contribution < -0.4 is 10.5 Å². The van der Waals surface area contributed by atoms with Crippen LogP contribution in [0.3, 0.4) is 0 Å². The lowest BCUT2D eigenvalue weighted by molar-refractivity contribution is 0.0250. The molecular formula is C12H16BrFN2O3S. The van der Waals surface area contributed by atoms with Crippen LogP contribution in [0.2, 0.25) is 0 Å². The maximum Gasteiger partial charge on any atom is 0.242 e. The van der Waals surface area contributed by atoms with E-state index in [1.807, 2.05) is 6.92 Å². The van der Waals surface area contributed by atoms with E-state index in [2.05, 4.69) is 20.7 Å². The second kappa shape index (κ2) is 5.59. The van der Waals surface area contributed by atoms with E-state index in [-0.39, 0.29) is 21.6 Å². The van der Waals surface area contributed by atoms with Crippen LogP contribution >= 0.6 is 15.9 Å². The number of nitrogens with one attached hydrogen (secondary N) is 1. The lowest BCUT2D eigenvalue weighted by Gasteiger charge is -2.23. The summed E-state index contributed by atoms with van der Waals surface area (Å²) in [7, 11) is -3.81. The van der Waals surface area contributed by atoms with Crippen molar-refractivity contribution in [3.63, 3.8) is 0 Å². The number of anilines is 1. The fraction of sp³-hybridized carbons (Fsp3) is 0.500. The van der Waals surface area contributed by atoms with E-state index in [1.54, 1.807) is 0 Å². The van der Waals surface area contributed by atoms with Gasteiger partial charge >= 0.3 is 0 Å². The van der Waals surface area contributed by atoms with Crippen molar-refractivity contribution in [3.05, 3.63) is 22.4 Å². The van der Waals surface area contributed by atoms with Crippen LogP contribution in [0, 0.1) is 5.82 Å². The molecule has 1 unspecified atom stereocenters. The molecule has 1 atom stereocenters. The van der Waals surface area contributed by atoms with Gasteiger partial charge in [0.05, 0.1) is 15.8 Å². The van der Waals surface area contributed by atoms with E-state index in [9.17, 15) is 12.8 Å². The molecule has 0 saturated carbocycles. The van der Waals surface area contributed by atoms with Gasteiger partial charge in [0.15, 0.2) is 0 Å². The topological polar surface area (TPSA) is 81.4 Å². The third kappa shape index (κ3) is 3.30. The molecule has 0 amide bonds. The molecule has 112 valence electrons. The monoisotopic (exact) mass is 366 g/mol. The van der Waals surface area contributed by atoms with E-state index >= 15 is 0 Å². The fourth-order valence-corrected chi connectivity index (χ4v) is 3.87. The summed E-state index contributed by atoms with van der Waals surface area (Å²) in [5, 5.41) is 0. The van der Waals surface area contributed by atoms with E-state index in [1.165, 1.54) is 0 Å². The van der Waals surface area contributed by atoms with Crippen LogP contribution in [-0.4, -0.2) is 27.2 Å². The molecule has 8 heteroatoms. The molecule has 0 bridgehead atoms. The van der Waals surface area contributed by atoms with E-state index in [0.29, 0.717) is 6.61 Å². The fourth-order valence-electron chi connectivity index (χ4n) is 2.08. The first-order chi connectivity index (χ1) is 9.23. The number of rotatable bonds is 4. The van der Waals surface area contributed by atoms with Crippen molar-refractivity contribution in [2.75, 3.05) is 18.9 Å². The average molecular weight is 367 g/mol. The smallest absolute Gasteiger partial charge is 0.242 e. The first-order valence-electron chi connectivity index (χ1n) is 6.12. The summed E-state index contributed by atoms with van der Waals surface area (Å²) in [4.78, 5) is -0.146. The summed E-state index contributed by atoms with van der Waals surface area (Å²) in [5.74, 6) is -0.604. The molecular weight excluding hydrogens is 351 g/mol. The van der Waals surface area contributed by atoms with Crippen molar-refractivity contribution in [2.24, 2.45) is 0 Å². The van der Waals surface area contributed by atoms with Gasteiger partial charge in [0.25, 0.3) is 0 Å². The molecule has 0 aromatic heterocycles. The molecule has 20 heavy (non-hydrogen) atoms. The molecule has 5 nitrogen and oxygen atoms in total. The Hall–Kier alpha value is -0.700. The Labute approximate surface area is 125 Å². The van der Waals surface area contributed by atoms with Crippen molar-refractivity contribution in [1.82, 2.24) is 4.72 Å². The molecule has 1 saturated heterocycles. The normalized spacial score (nSPS) is 23.1. The highest BCUT2D eigenvalue weighted by molar-refractivity contribution is 9.10. The highest BCUT2D eigenvalue weighted by Crippen LogP contribution is 2.28. The maximum atomic E-state index is 13.3. The van der Waals surface area contributed by atoms with Crippen LogP contribution in [0.4, 0.5) is 10.1 Å². The zero-order valence-corrected chi connectivity index (χ0v) is 13.4. The minimum absolute atomic E-state index is 0.0513. The summed E-state index contributed by atoms with van der Waals surface area (Å²) in [6.07, 6.45) is 1.70. The summed E-state index contributed by atoms with van der Waals surface area (Å²) in [5.41, 5.74) is 4.95. The number of ether oxygens (including phenoxy) is 1. The Morgan fingerprint density at radius 2 is 2.25 bits per heavy atom. The van der Waals surface area contributed by atoms with Gasteiger partial charge in [-0.1, -0.05) is 0 Å². The Kier molecular flexibility index (Phi) is 4.38. The number of halogens is 2. The van der Waals surface area contributed by atoms with E-state index in [4.69, 9.17) is 10.5 Å². The summed E-state index contributed by atoms with van der Waals surface area (Å²) in [6.45, 7) is 2.64. The summed E-state index contributed by atoms with van der Waals surface area (Å²) < 4.78 is 45.8. The predicted molar refractivity (Wildman–Crippen MR) is 77.3 cm³/mol. The van der Waals surface area contributed by atoms with Crippen molar-refractivity contribution in [1.29, 1.82) is 0 Å². The third-order valence-corrected chi connectivity index (χ3v) is 5.34. The lowest BCUT2D eigenvalue weighted by Crippen LogP contribution is -2.40. The Bertz CT molecular complexity index is 615. The van der Waals surface area contributed by atoms with Gasteiger partial charge in [0.2, 0.25) is 10.0 Å². The average Bonchev–Trinajstić information content (AvgIpc) is 2.79. The third-order valence-electron chi connectivity index (χ3n) is 3.28. The molecule has 0 aliphatic carbocycles. The molecule has 1 aliphatic rings. The number of hydrogen-bond acceptors (Lipinski definition) is 4. The highest BCUT2D eigenvalue weighted by Gasteiger charge is 2.32. The molecule has 1 fully saturated rings. The highest BCUT2D eigenvalue weighted by atomic mass is 79.9. The Balaban J connectivity index is 2.20. The first-order valence-corrected chi connectivity index (χ1v) is 8.39. The van der Waals surface area contributed by atoms with Gasteiger partial charge in [-0.2, -0.15) is 0 Å². The standard InChI is InChI=1S/C12H16BrFN2O3S/c1-12(3-2-4-19-12)7-16-20(17,18)11-5-8(13)9(14)6-10(11)15/h5-6,16H,2-4,7,15H2,1H3. The van der Waals surface area contributed by atoms with Crippen LogP contribution in [0.5, 0.6) is 0 Å². The predicted octanol–water partition coefficient (Wildman–Crippen LogP) is 2.02. The summed E-state index contributed by atoms with van der Waals surface area (Å²) in [6, 6.07) is 2.14. The van der Waals surface area contributed by atoms with Gasteiger partial charge < -0.3 is 10.5 Å². The van der Waals surface area contributed by atoms with Crippen LogP contribution in [-0.2, 0) is 14.8 Å². The minimum atomic E-state index is -3.81. The van der Waals surface area contributed by atoms with Crippen molar-refractivity contribution in [2.45, 2.75) is 30.3 Å². The molecule has 2 rings (SSSR count). The molecule has 1 heterocycles. The molecule has 3 N–H and O–H groups in total. The first kappa shape index (κ1) is 15.7. The van der Waals surface area contributed by atoms with Gasteiger partial charge in [-0.05, 0) is 47.8 Å². The van der Waals surface area contributed by atoms with Gasteiger partial charge in [0.1, 0.15) is 10.7 Å². The zero-order chi connectivity index (χ0) is 15.0. The second-order valence-electron chi connectivity index (χ2n) is 5.03. The van der Waals surface area contributed by atoms with Gasteiger partial charge in [-0.25, -0.2) is 17.5 Å². The Morgan fingerprint density at radius 1 is 1.55 bits per heavy atom. The molecule has 1 aromatic rings. The number of hydrogen-bond donors (Lipinski definition) is 2. The van der Waals surface area contributed by atoms with Crippen LogP contribution in [0.25, 0.3) is 0 Å². The van der Waals surface area contributed by atoms with Gasteiger partial charge in [0, 0.05) is 13.2 Å². The van der Waals surface area contributed by atoms with Gasteiger partial charge in [-0.15, -0.1) is 0 Å². The summed E-state index contributed by atoms with van der Waals surface area (Å²) >= 11 is 2.95. The SMILES string of the molecule is CC1(CNS(=O)(=O)c2cc(Br)c(F)cc2N)CCCO1.